The van der Waals surface area contributed by atoms with Crippen LogP contribution in [0.3, 0.4) is 0 Å². The van der Waals surface area contributed by atoms with E-state index >= 15 is 0 Å². The van der Waals surface area contributed by atoms with Crippen LogP contribution >= 0.6 is 15.9 Å². The predicted octanol–water partition coefficient (Wildman–Crippen LogP) is 1.87. The second-order valence-corrected chi connectivity index (χ2v) is 4.02. The SMILES string of the molecule is CCOc1cnn(-c2nc(NC)ncc2Br)c1. The third-order valence-electron chi connectivity index (χ3n) is 2.04. The minimum absolute atomic E-state index is 0.539. The molecule has 0 fully saturated rings. The Hall–Kier alpha value is -1.63. The number of rotatable bonds is 4. The van der Waals surface area contributed by atoms with Gasteiger partial charge in [0.1, 0.15) is 0 Å². The van der Waals surface area contributed by atoms with Gasteiger partial charge in [0.25, 0.3) is 0 Å². The van der Waals surface area contributed by atoms with E-state index < -0.39 is 0 Å². The van der Waals surface area contributed by atoms with Gasteiger partial charge in [-0.3, -0.25) is 0 Å². The summed E-state index contributed by atoms with van der Waals surface area (Å²) in [7, 11) is 1.77. The van der Waals surface area contributed by atoms with Crippen LogP contribution in [0.4, 0.5) is 5.95 Å². The molecule has 0 radical (unpaired) electrons. The van der Waals surface area contributed by atoms with Crippen LogP contribution in [0.2, 0.25) is 0 Å². The molecule has 7 heteroatoms. The van der Waals surface area contributed by atoms with Gasteiger partial charge in [-0.1, -0.05) is 0 Å². The number of aromatic nitrogens is 4. The van der Waals surface area contributed by atoms with Gasteiger partial charge in [-0.25, -0.2) is 9.67 Å². The molecule has 2 rings (SSSR count). The summed E-state index contributed by atoms with van der Waals surface area (Å²) in [6.45, 7) is 2.54. The number of anilines is 1. The van der Waals surface area contributed by atoms with Crippen molar-refractivity contribution < 1.29 is 4.74 Å². The van der Waals surface area contributed by atoms with Crippen LogP contribution < -0.4 is 10.1 Å². The molecule has 0 amide bonds. The first-order chi connectivity index (χ1) is 8.24. The summed E-state index contributed by atoms with van der Waals surface area (Å²) in [5, 5.41) is 7.07. The molecule has 0 aliphatic heterocycles. The van der Waals surface area contributed by atoms with E-state index in [1.165, 1.54) is 0 Å². The average molecular weight is 298 g/mol. The Morgan fingerprint density at radius 1 is 1.47 bits per heavy atom. The number of hydrogen-bond acceptors (Lipinski definition) is 5. The second kappa shape index (κ2) is 5.13. The fraction of sp³-hybridized carbons (Fsp3) is 0.300. The fourth-order valence-electron chi connectivity index (χ4n) is 1.30. The third-order valence-corrected chi connectivity index (χ3v) is 2.60. The van der Waals surface area contributed by atoms with Crippen molar-refractivity contribution in [2.75, 3.05) is 19.0 Å². The van der Waals surface area contributed by atoms with Crippen LogP contribution in [0.15, 0.2) is 23.1 Å². The van der Waals surface area contributed by atoms with E-state index in [9.17, 15) is 0 Å². The van der Waals surface area contributed by atoms with E-state index in [4.69, 9.17) is 4.74 Å². The Labute approximate surface area is 107 Å². The van der Waals surface area contributed by atoms with E-state index in [-0.39, 0.29) is 0 Å². The standard InChI is InChI=1S/C10H12BrN5O/c1-3-17-7-4-14-16(6-7)9-8(11)5-13-10(12-2)15-9/h4-6H,3H2,1-2H3,(H,12,13,15). The zero-order valence-corrected chi connectivity index (χ0v) is 11.1. The number of hydrogen-bond donors (Lipinski definition) is 1. The molecule has 0 aliphatic rings. The van der Waals surface area contributed by atoms with E-state index in [1.807, 2.05) is 6.92 Å². The highest BCUT2D eigenvalue weighted by molar-refractivity contribution is 9.10. The van der Waals surface area contributed by atoms with Crippen LogP contribution in [0.5, 0.6) is 5.75 Å². The molecule has 90 valence electrons. The van der Waals surface area contributed by atoms with Gasteiger partial charge in [-0.05, 0) is 22.9 Å². The quantitative estimate of drug-likeness (QED) is 0.933. The normalized spacial score (nSPS) is 10.3. The molecule has 1 N–H and O–H groups in total. The minimum Gasteiger partial charge on any atom is -0.491 e. The van der Waals surface area contributed by atoms with Crippen molar-refractivity contribution in [3.63, 3.8) is 0 Å². The Bertz CT molecular complexity index is 513. The van der Waals surface area contributed by atoms with Crippen LogP contribution in [-0.4, -0.2) is 33.4 Å². The smallest absolute Gasteiger partial charge is 0.224 e. The van der Waals surface area contributed by atoms with Crippen molar-refractivity contribution in [1.29, 1.82) is 0 Å². The highest BCUT2D eigenvalue weighted by atomic mass is 79.9. The first-order valence-electron chi connectivity index (χ1n) is 5.12. The predicted molar refractivity (Wildman–Crippen MR) is 67.6 cm³/mol. The molecular weight excluding hydrogens is 286 g/mol. The number of nitrogens with zero attached hydrogens (tertiary/aromatic N) is 4. The Morgan fingerprint density at radius 3 is 3.00 bits per heavy atom. The lowest BCUT2D eigenvalue weighted by Gasteiger charge is -2.05. The topological polar surface area (TPSA) is 64.9 Å². The van der Waals surface area contributed by atoms with Crippen molar-refractivity contribution in [2.45, 2.75) is 6.92 Å². The molecule has 2 heterocycles. The maximum Gasteiger partial charge on any atom is 0.224 e. The molecular formula is C10H12BrN5O. The molecule has 2 aromatic heterocycles. The zero-order chi connectivity index (χ0) is 12.3. The summed E-state index contributed by atoms with van der Waals surface area (Å²) in [6.07, 6.45) is 5.10. The highest BCUT2D eigenvalue weighted by Gasteiger charge is 2.08. The Morgan fingerprint density at radius 2 is 2.29 bits per heavy atom. The lowest BCUT2D eigenvalue weighted by atomic mass is 10.5. The van der Waals surface area contributed by atoms with Gasteiger partial charge in [0, 0.05) is 13.2 Å². The summed E-state index contributed by atoms with van der Waals surface area (Å²) in [5.74, 6) is 1.91. The molecule has 2 aromatic rings. The molecule has 0 atom stereocenters. The van der Waals surface area contributed by atoms with Crippen molar-refractivity contribution in [2.24, 2.45) is 0 Å². The molecule has 0 bridgehead atoms. The molecule has 0 unspecified atom stereocenters. The molecule has 6 nitrogen and oxygen atoms in total. The van der Waals surface area contributed by atoms with Crippen LogP contribution in [0, 0.1) is 0 Å². The Kier molecular flexibility index (Phi) is 3.58. The average Bonchev–Trinajstić information content (AvgIpc) is 2.79. The Balaban J connectivity index is 2.37. The largest absolute Gasteiger partial charge is 0.491 e. The third kappa shape index (κ3) is 2.55. The molecule has 0 saturated heterocycles. The van der Waals surface area contributed by atoms with Crippen LogP contribution in [0.25, 0.3) is 5.82 Å². The van der Waals surface area contributed by atoms with Crippen molar-refractivity contribution >= 4 is 21.9 Å². The molecule has 0 aliphatic carbocycles. The van der Waals surface area contributed by atoms with Gasteiger partial charge in [-0.2, -0.15) is 10.1 Å². The zero-order valence-electron chi connectivity index (χ0n) is 9.51. The number of halogens is 1. The summed E-state index contributed by atoms with van der Waals surface area (Å²) in [4.78, 5) is 8.39. The number of ether oxygens (including phenoxy) is 1. The number of nitrogens with one attached hydrogen (secondary N) is 1. The molecule has 0 aromatic carbocycles. The van der Waals surface area contributed by atoms with Gasteiger partial charge in [0.2, 0.25) is 5.95 Å². The van der Waals surface area contributed by atoms with Crippen molar-refractivity contribution in [1.82, 2.24) is 19.7 Å². The van der Waals surface area contributed by atoms with Crippen molar-refractivity contribution in [3.8, 4) is 11.6 Å². The van der Waals surface area contributed by atoms with Crippen molar-refractivity contribution in [3.05, 3.63) is 23.1 Å². The summed E-state index contributed by atoms with van der Waals surface area (Å²) in [5.41, 5.74) is 0. The monoisotopic (exact) mass is 297 g/mol. The second-order valence-electron chi connectivity index (χ2n) is 3.17. The van der Waals surface area contributed by atoms with E-state index in [1.54, 1.807) is 30.3 Å². The van der Waals surface area contributed by atoms with Gasteiger partial charge < -0.3 is 10.1 Å². The lowest BCUT2D eigenvalue weighted by Crippen LogP contribution is -2.04. The first-order valence-corrected chi connectivity index (χ1v) is 5.92. The van der Waals surface area contributed by atoms with Gasteiger partial charge in [0.05, 0.1) is 23.5 Å². The minimum atomic E-state index is 0.539. The van der Waals surface area contributed by atoms with Crippen LogP contribution in [-0.2, 0) is 0 Å². The van der Waals surface area contributed by atoms with E-state index in [2.05, 4.69) is 36.3 Å². The maximum atomic E-state index is 5.35. The summed E-state index contributed by atoms with van der Waals surface area (Å²) < 4.78 is 7.75. The maximum absolute atomic E-state index is 5.35. The van der Waals surface area contributed by atoms with E-state index in [0.717, 1.165) is 4.47 Å². The first kappa shape index (κ1) is 11.8. The molecule has 0 saturated carbocycles. The van der Waals surface area contributed by atoms with Gasteiger partial charge >= 0.3 is 0 Å². The van der Waals surface area contributed by atoms with Gasteiger partial charge in [0.15, 0.2) is 11.6 Å². The van der Waals surface area contributed by atoms with Gasteiger partial charge in [-0.15, -0.1) is 0 Å². The molecule has 0 spiro atoms. The summed E-state index contributed by atoms with van der Waals surface area (Å²) >= 11 is 3.39. The highest BCUT2D eigenvalue weighted by Crippen LogP contribution is 2.20. The lowest BCUT2D eigenvalue weighted by molar-refractivity contribution is 0.340. The summed E-state index contributed by atoms with van der Waals surface area (Å²) in [6, 6.07) is 0. The van der Waals surface area contributed by atoms with E-state index in [0.29, 0.717) is 24.1 Å². The fourth-order valence-corrected chi connectivity index (χ4v) is 1.68. The molecule has 17 heavy (non-hydrogen) atoms. The van der Waals surface area contributed by atoms with Crippen LogP contribution in [0.1, 0.15) is 6.92 Å².